The summed E-state index contributed by atoms with van der Waals surface area (Å²) in [6, 6.07) is 12.1. The largest absolute Gasteiger partial charge is 0.334 e. The molecule has 0 unspecified atom stereocenters. The SMILES string of the molecule is C=CCN(Cc1cccs1)C(=O)CCc1c(C)nc2c3ccccc3nn2c1C. The van der Waals surface area contributed by atoms with Gasteiger partial charge in [-0.25, -0.2) is 9.50 Å². The van der Waals surface area contributed by atoms with Gasteiger partial charge in [0.15, 0.2) is 5.65 Å². The Morgan fingerprint density at radius 3 is 2.83 bits per heavy atom. The number of hydrogen-bond donors (Lipinski definition) is 0. The molecule has 0 aliphatic carbocycles. The van der Waals surface area contributed by atoms with Crippen molar-refractivity contribution < 1.29 is 4.79 Å². The van der Waals surface area contributed by atoms with Crippen LogP contribution in [0.15, 0.2) is 54.4 Å². The van der Waals surface area contributed by atoms with Crippen LogP contribution in [0.5, 0.6) is 0 Å². The Morgan fingerprint density at radius 2 is 2.07 bits per heavy atom. The molecular formula is C23H24N4OS. The Hall–Kier alpha value is -2.99. The maximum absolute atomic E-state index is 12.9. The molecule has 4 aromatic rings. The third-order valence-electron chi connectivity index (χ3n) is 5.24. The summed E-state index contributed by atoms with van der Waals surface area (Å²) in [6.45, 7) is 9.05. The van der Waals surface area contributed by atoms with E-state index in [0.29, 0.717) is 25.9 Å². The molecule has 0 atom stereocenters. The zero-order valence-electron chi connectivity index (χ0n) is 16.8. The maximum Gasteiger partial charge on any atom is 0.223 e. The molecular weight excluding hydrogens is 380 g/mol. The summed E-state index contributed by atoms with van der Waals surface area (Å²) < 4.78 is 1.91. The van der Waals surface area contributed by atoms with Gasteiger partial charge in [0, 0.05) is 34.6 Å². The molecule has 3 heterocycles. The van der Waals surface area contributed by atoms with Crippen molar-refractivity contribution in [1.82, 2.24) is 19.5 Å². The first-order valence-electron chi connectivity index (χ1n) is 9.73. The van der Waals surface area contributed by atoms with Crippen LogP contribution in [0.4, 0.5) is 0 Å². The van der Waals surface area contributed by atoms with Gasteiger partial charge in [-0.05, 0) is 49.4 Å². The van der Waals surface area contributed by atoms with Crippen LogP contribution in [-0.4, -0.2) is 31.9 Å². The van der Waals surface area contributed by atoms with Gasteiger partial charge in [0.25, 0.3) is 0 Å². The van der Waals surface area contributed by atoms with Crippen LogP contribution in [0.2, 0.25) is 0 Å². The Balaban J connectivity index is 1.57. The number of aromatic nitrogens is 3. The first-order valence-corrected chi connectivity index (χ1v) is 10.6. The number of carbonyl (C=O) groups excluding carboxylic acids is 1. The van der Waals surface area contributed by atoms with Crippen LogP contribution in [0.25, 0.3) is 16.6 Å². The van der Waals surface area contributed by atoms with Crippen molar-refractivity contribution >= 4 is 33.8 Å². The third-order valence-corrected chi connectivity index (χ3v) is 6.10. The Morgan fingerprint density at radius 1 is 1.24 bits per heavy atom. The van der Waals surface area contributed by atoms with Gasteiger partial charge in [-0.3, -0.25) is 4.79 Å². The average Bonchev–Trinajstić information content (AvgIpc) is 3.35. The smallest absolute Gasteiger partial charge is 0.223 e. The van der Waals surface area contributed by atoms with E-state index in [1.54, 1.807) is 17.4 Å². The Bertz CT molecular complexity index is 1180. The minimum absolute atomic E-state index is 0.128. The van der Waals surface area contributed by atoms with E-state index in [9.17, 15) is 4.79 Å². The van der Waals surface area contributed by atoms with E-state index in [2.05, 4.69) is 19.6 Å². The van der Waals surface area contributed by atoms with Gasteiger partial charge in [0.1, 0.15) is 0 Å². The molecule has 1 aromatic carbocycles. The van der Waals surface area contributed by atoms with Crippen LogP contribution in [0.1, 0.15) is 28.2 Å². The predicted molar refractivity (Wildman–Crippen MR) is 118 cm³/mol. The van der Waals surface area contributed by atoms with E-state index >= 15 is 0 Å². The second-order valence-electron chi connectivity index (χ2n) is 7.16. The standard InChI is InChI=1S/C23H24N4OS/c1-4-13-26(15-18-8-7-14-29-18)22(28)12-11-19-16(2)24-23-20-9-5-6-10-21(20)25-27(23)17(19)3/h4-10,14H,1,11-13,15H2,2-3H3. The fraction of sp³-hybridized carbons (Fsp3) is 0.261. The van der Waals surface area contributed by atoms with Crippen LogP contribution in [0, 0.1) is 13.8 Å². The molecule has 0 aliphatic heterocycles. The number of carbonyl (C=O) groups is 1. The molecule has 0 radical (unpaired) electrons. The molecule has 3 aromatic heterocycles. The second kappa shape index (κ2) is 8.17. The predicted octanol–water partition coefficient (Wildman–Crippen LogP) is 4.71. The topological polar surface area (TPSA) is 50.5 Å². The summed E-state index contributed by atoms with van der Waals surface area (Å²) in [4.78, 5) is 20.7. The van der Waals surface area contributed by atoms with E-state index in [-0.39, 0.29) is 5.91 Å². The van der Waals surface area contributed by atoms with Gasteiger partial charge in [0.05, 0.1) is 12.1 Å². The number of fused-ring (bicyclic) bond motifs is 3. The van der Waals surface area contributed by atoms with Crippen molar-refractivity contribution in [2.24, 2.45) is 0 Å². The minimum Gasteiger partial charge on any atom is -0.334 e. The zero-order chi connectivity index (χ0) is 20.4. The van der Waals surface area contributed by atoms with Crippen LogP contribution in [0.3, 0.4) is 0 Å². The molecule has 0 fully saturated rings. The van der Waals surface area contributed by atoms with Crippen LogP contribution >= 0.6 is 11.3 Å². The van der Waals surface area contributed by atoms with Gasteiger partial charge in [-0.1, -0.05) is 24.3 Å². The van der Waals surface area contributed by atoms with E-state index in [0.717, 1.165) is 33.5 Å². The summed E-state index contributed by atoms with van der Waals surface area (Å²) >= 11 is 1.67. The maximum atomic E-state index is 12.9. The van der Waals surface area contributed by atoms with Crippen LogP contribution < -0.4 is 0 Å². The number of nitrogens with zero attached hydrogens (tertiary/aromatic N) is 4. The third kappa shape index (κ3) is 3.80. The number of rotatable bonds is 7. The minimum atomic E-state index is 0.128. The van der Waals surface area contributed by atoms with Gasteiger partial charge < -0.3 is 4.90 Å². The van der Waals surface area contributed by atoms with Crippen LogP contribution in [-0.2, 0) is 17.8 Å². The molecule has 0 saturated heterocycles. The molecule has 5 nitrogen and oxygen atoms in total. The molecule has 29 heavy (non-hydrogen) atoms. The lowest BCUT2D eigenvalue weighted by molar-refractivity contribution is -0.131. The lowest BCUT2D eigenvalue weighted by Crippen LogP contribution is -2.30. The van der Waals surface area contributed by atoms with Gasteiger partial charge >= 0.3 is 0 Å². The number of aryl methyl sites for hydroxylation is 2. The zero-order valence-corrected chi connectivity index (χ0v) is 17.6. The lowest BCUT2D eigenvalue weighted by atomic mass is 10.1. The van der Waals surface area contributed by atoms with Crippen molar-refractivity contribution in [2.45, 2.75) is 33.2 Å². The van der Waals surface area contributed by atoms with Crippen molar-refractivity contribution in [3.63, 3.8) is 0 Å². The van der Waals surface area contributed by atoms with Gasteiger partial charge in [-0.15, -0.1) is 17.9 Å². The molecule has 0 spiro atoms. The fourth-order valence-electron chi connectivity index (χ4n) is 3.73. The van der Waals surface area contributed by atoms with Crippen molar-refractivity contribution in [1.29, 1.82) is 0 Å². The summed E-state index contributed by atoms with van der Waals surface area (Å²) in [5.41, 5.74) is 4.90. The molecule has 0 N–H and O–H groups in total. The first kappa shape index (κ1) is 19.3. The summed E-state index contributed by atoms with van der Waals surface area (Å²) in [6.07, 6.45) is 2.87. The monoisotopic (exact) mass is 404 g/mol. The summed E-state index contributed by atoms with van der Waals surface area (Å²) in [5, 5.41) is 7.79. The highest BCUT2D eigenvalue weighted by Crippen LogP contribution is 2.23. The van der Waals surface area contributed by atoms with Gasteiger partial charge in [-0.2, -0.15) is 5.10 Å². The molecule has 148 valence electrons. The highest BCUT2D eigenvalue weighted by molar-refractivity contribution is 7.09. The summed E-state index contributed by atoms with van der Waals surface area (Å²) in [5.74, 6) is 0.128. The normalized spacial score (nSPS) is 11.2. The second-order valence-corrected chi connectivity index (χ2v) is 8.19. The number of hydrogen-bond acceptors (Lipinski definition) is 4. The highest BCUT2D eigenvalue weighted by atomic mass is 32.1. The van der Waals surface area contributed by atoms with Crippen molar-refractivity contribution in [3.05, 3.63) is 76.3 Å². The Kier molecular flexibility index (Phi) is 5.45. The molecule has 1 amide bonds. The molecule has 0 aliphatic rings. The lowest BCUT2D eigenvalue weighted by Gasteiger charge is -2.21. The quantitative estimate of drug-likeness (QED) is 0.419. The number of benzene rings is 1. The van der Waals surface area contributed by atoms with E-state index < -0.39 is 0 Å². The molecule has 0 bridgehead atoms. The van der Waals surface area contributed by atoms with Crippen molar-refractivity contribution in [2.75, 3.05) is 6.54 Å². The number of thiophene rings is 1. The van der Waals surface area contributed by atoms with E-state index in [1.807, 2.05) is 52.1 Å². The first-order chi connectivity index (χ1) is 14.1. The van der Waals surface area contributed by atoms with E-state index in [1.165, 1.54) is 4.88 Å². The summed E-state index contributed by atoms with van der Waals surface area (Å²) in [7, 11) is 0. The van der Waals surface area contributed by atoms with Crippen molar-refractivity contribution in [3.8, 4) is 0 Å². The molecule has 4 rings (SSSR count). The van der Waals surface area contributed by atoms with E-state index in [4.69, 9.17) is 10.1 Å². The average molecular weight is 405 g/mol. The van der Waals surface area contributed by atoms with Gasteiger partial charge in [0.2, 0.25) is 5.91 Å². The number of amides is 1. The Labute approximate surface area is 174 Å². The molecule has 6 heteroatoms. The molecule has 0 saturated carbocycles. The highest BCUT2D eigenvalue weighted by Gasteiger charge is 2.17. The fourth-order valence-corrected chi connectivity index (χ4v) is 4.45.